The zero-order valence-corrected chi connectivity index (χ0v) is 19.2. The highest BCUT2D eigenvalue weighted by Crippen LogP contribution is 2.54. The lowest BCUT2D eigenvalue weighted by atomic mass is 9.83. The molecule has 32 heavy (non-hydrogen) atoms. The molecule has 0 aromatic heterocycles. The van der Waals surface area contributed by atoms with E-state index in [9.17, 15) is 5.11 Å². The van der Waals surface area contributed by atoms with Gasteiger partial charge in [-0.15, -0.1) is 0 Å². The third-order valence-electron chi connectivity index (χ3n) is 5.86. The van der Waals surface area contributed by atoms with Crippen LogP contribution in [0.3, 0.4) is 0 Å². The Bertz CT molecular complexity index is 1320. The second kappa shape index (κ2) is 7.35. The van der Waals surface area contributed by atoms with Crippen LogP contribution in [0, 0.1) is 0 Å². The van der Waals surface area contributed by atoms with Crippen LogP contribution in [0.5, 0.6) is 17.2 Å². The van der Waals surface area contributed by atoms with Gasteiger partial charge in [-0.1, -0.05) is 41.9 Å². The van der Waals surface area contributed by atoms with Crippen LogP contribution in [-0.4, -0.2) is 17.8 Å². The van der Waals surface area contributed by atoms with Crippen molar-refractivity contribution < 1.29 is 14.6 Å². The number of halogens is 1. The number of aromatic hydroxyl groups is 1. The molecular weight excluding hydrogens is 422 g/mol. The lowest BCUT2D eigenvalue weighted by molar-refractivity contribution is 0.371. The number of benzene rings is 3. The normalized spacial score (nSPS) is 16.8. The molecule has 0 fully saturated rings. The maximum Gasteiger partial charge on any atom is 0.172 e. The van der Waals surface area contributed by atoms with Gasteiger partial charge in [0.15, 0.2) is 11.5 Å². The molecule has 0 spiro atoms. The van der Waals surface area contributed by atoms with Crippen LogP contribution in [0.4, 0.5) is 5.69 Å². The fourth-order valence-electron chi connectivity index (χ4n) is 4.68. The van der Waals surface area contributed by atoms with E-state index in [1.165, 1.54) is 0 Å². The summed E-state index contributed by atoms with van der Waals surface area (Å²) >= 11 is 6.47. The number of phenols is 1. The van der Waals surface area contributed by atoms with Crippen LogP contribution in [0.2, 0.25) is 5.02 Å². The van der Waals surface area contributed by atoms with E-state index in [1.54, 1.807) is 19.2 Å². The monoisotopic (exact) mass is 445 g/mol. The number of phenolic OH excluding ortho intramolecular Hbond substituents is 1. The standard InChI is InChI=1S/C27H24ClNO3/c1-15-14-27(2,3)29-19-10-9-17-24(23(15)19)22(13-16-7-5-6-8-18(16)28)32-21-12-11-20(30)26(31-4)25(17)21/h5-14,29-30H,1-4H3/b22-13-. The highest BCUT2D eigenvalue weighted by molar-refractivity contribution is 6.32. The van der Waals surface area contributed by atoms with Gasteiger partial charge in [0.05, 0.1) is 18.2 Å². The van der Waals surface area contributed by atoms with Gasteiger partial charge in [-0.05, 0) is 62.2 Å². The maximum absolute atomic E-state index is 10.5. The number of nitrogens with one attached hydrogen (secondary N) is 1. The Morgan fingerprint density at radius 1 is 1.03 bits per heavy atom. The molecule has 0 saturated heterocycles. The molecular formula is C27H24ClNO3. The van der Waals surface area contributed by atoms with Crippen molar-refractivity contribution in [3.8, 4) is 28.4 Å². The number of ether oxygens (including phenoxy) is 2. The summed E-state index contributed by atoms with van der Waals surface area (Å²) in [6.45, 7) is 6.41. The minimum atomic E-state index is -0.165. The van der Waals surface area contributed by atoms with Gasteiger partial charge in [-0.3, -0.25) is 0 Å². The number of methoxy groups -OCH3 is 1. The van der Waals surface area contributed by atoms with Crippen molar-refractivity contribution in [2.75, 3.05) is 12.4 Å². The molecule has 0 saturated carbocycles. The molecule has 0 amide bonds. The van der Waals surface area contributed by atoms with Gasteiger partial charge < -0.3 is 19.9 Å². The summed E-state index contributed by atoms with van der Waals surface area (Å²) < 4.78 is 12.0. The predicted octanol–water partition coefficient (Wildman–Crippen LogP) is 7.22. The Morgan fingerprint density at radius 2 is 1.81 bits per heavy atom. The fourth-order valence-corrected chi connectivity index (χ4v) is 4.87. The molecule has 162 valence electrons. The van der Waals surface area contributed by atoms with E-state index >= 15 is 0 Å². The largest absolute Gasteiger partial charge is 0.504 e. The first-order valence-electron chi connectivity index (χ1n) is 10.5. The lowest BCUT2D eigenvalue weighted by Crippen LogP contribution is -2.32. The second-order valence-electron chi connectivity index (χ2n) is 8.71. The van der Waals surface area contributed by atoms with E-state index in [2.05, 4.69) is 44.3 Å². The molecule has 0 radical (unpaired) electrons. The van der Waals surface area contributed by atoms with Crippen molar-refractivity contribution in [1.82, 2.24) is 0 Å². The first kappa shape index (κ1) is 20.5. The van der Waals surface area contributed by atoms with E-state index in [-0.39, 0.29) is 11.3 Å². The zero-order valence-electron chi connectivity index (χ0n) is 18.4. The van der Waals surface area contributed by atoms with E-state index in [1.807, 2.05) is 30.3 Å². The molecule has 2 heterocycles. The summed E-state index contributed by atoms with van der Waals surface area (Å²) in [5, 5.41) is 14.7. The number of anilines is 1. The number of rotatable bonds is 2. The van der Waals surface area contributed by atoms with Crippen LogP contribution >= 0.6 is 11.6 Å². The van der Waals surface area contributed by atoms with Gasteiger partial charge in [-0.25, -0.2) is 0 Å². The highest BCUT2D eigenvalue weighted by atomic mass is 35.5. The molecule has 2 aliphatic rings. The summed E-state index contributed by atoms with van der Waals surface area (Å²) in [4.78, 5) is 0. The first-order chi connectivity index (χ1) is 15.3. The average molecular weight is 446 g/mol. The summed E-state index contributed by atoms with van der Waals surface area (Å²) in [5.41, 5.74) is 6.56. The van der Waals surface area contributed by atoms with Gasteiger partial charge in [0, 0.05) is 27.4 Å². The van der Waals surface area contributed by atoms with Crippen LogP contribution in [0.1, 0.15) is 37.5 Å². The van der Waals surface area contributed by atoms with Gasteiger partial charge in [-0.2, -0.15) is 0 Å². The predicted molar refractivity (Wildman–Crippen MR) is 131 cm³/mol. The molecule has 3 aromatic carbocycles. The third-order valence-corrected chi connectivity index (χ3v) is 6.21. The van der Waals surface area contributed by atoms with Crippen LogP contribution in [0.25, 0.3) is 28.5 Å². The minimum Gasteiger partial charge on any atom is -0.504 e. The number of allylic oxidation sites excluding steroid dienone is 1. The first-order valence-corrected chi connectivity index (χ1v) is 10.9. The Kier molecular flexibility index (Phi) is 4.72. The van der Waals surface area contributed by atoms with Gasteiger partial charge in [0.25, 0.3) is 0 Å². The number of hydrogen-bond acceptors (Lipinski definition) is 4. The van der Waals surface area contributed by atoms with Crippen molar-refractivity contribution in [3.05, 3.63) is 76.3 Å². The summed E-state index contributed by atoms with van der Waals surface area (Å²) in [5.74, 6) is 1.78. The fraction of sp³-hybridized carbons (Fsp3) is 0.185. The topological polar surface area (TPSA) is 50.7 Å². The van der Waals surface area contributed by atoms with Gasteiger partial charge in [0.2, 0.25) is 0 Å². The van der Waals surface area contributed by atoms with Gasteiger partial charge >= 0.3 is 0 Å². The Morgan fingerprint density at radius 3 is 2.56 bits per heavy atom. The summed E-state index contributed by atoms with van der Waals surface area (Å²) in [6.07, 6.45) is 4.19. The SMILES string of the molecule is COc1c(O)ccc2c1-c1ccc3c(c1/C(=C/c1ccccc1Cl)O2)C(C)=CC(C)(C)N3. The molecule has 2 aliphatic heterocycles. The number of fused-ring (bicyclic) bond motifs is 5. The van der Waals surface area contributed by atoms with Crippen LogP contribution in [0.15, 0.2) is 54.6 Å². The number of hydrogen-bond donors (Lipinski definition) is 2. The minimum absolute atomic E-state index is 0.0728. The summed E-state index contributed by atoms with van der Waals surface area (Å²) in [6, 6.07) is 15.2. The van der Waals surface area contributed by atoms with E-state index in [0.717, 1.165) is 39.1 Å². The molecule has 0 bridgehead atoms. The van der Waals surface area contributed by atoms with Crippen molar-refractivity contribution in [2.45, 2.75) is 26.3 Å². The van der Waals surface area contributed by atoms with Gasteiger partial charge in [0.1, 0.15) is 11.5 Å². The maximum atomic E-state index is 10.5. The summed E-state index contributed by atoms with van der Waals surface area (Å²) in [7, 11) is 1.55. The zero-order chi connectivity index (χ0) is 22.6. The molecule has 0 aliphatic carbocycles. The highest BCUT2D eigenvalue weighted by Gasteiger charge is 2.33. The molecule has 0 atom stereocenters. The van der Waals surface area contributed by atoms with Crippen molar-refractivity contribution in [3.63, 3.8) is 0 Å². The Hall–Kier alpha value is -3.37. The molecule has 2 N–H and O–H groups in total. The van der Waals surface area contributed by atoms with E-state index in [4.69, 9.17) is 21.1 Å². The van der Waals surface area contributed by atoms with E-state index < -0.39 is 0 Å². The van der Waals surface area contributed by atoms with Crippen molar-refractivity contribution >= 4 is 34.7 Å². The quantitative estimate of drug-likeness (QED) is 0.437. The van der Waals surface area contributed by atoms with Crippen molar-refractivity contribution in [2.24, 2.45) is 0 Å². The molecule has 5 rings (SSSR count). The molecule has 4 nitrogen and oxygen atoms in total. The lowest BCUT2D eigenvalue weighted by Gasteiger charge is -2.35. The molecule has 3 aromatic rings. The van der Waals surface area contributed by atoms with E-state index in [0.29, 0.717) is 22.3 Å². The third kappa shape index (κ3) is 3.23. The Labute approximate surface area is 192 Å². The van der Waals surface area contributed by atoms with Crippen LogP contribution in [-0.2, 0) is 0 Å². The molecule has 0 unspecified atom stereocenters. The average Bonchev–Trinajstić information content (AvgIpc) is 2.74. The second-order valence-corrected chi connectivity index (χ2v) is 9.12. The smallest absolute Gasteiger partial charge is 0.172 e. The molecule has 5 heteroatoms. The Balaban J connectivity index is 1.85. The van der Waals surface area contributed by atoms with Crippen LogP contribution < -0.4 is 14.8 Å². The van der Waals surface area contributed by atoms with Crippen molar-refractivity contribution in [1.29, 1.82) is 0 Å².